The van der Waals surface area contributed by atoms with Crippen LogP contribution in [0.2, 0.25) is 0 Å². The Hall–Kier alpha value is -1.39. The lowest BCUT2D eigenvalue weighted by Gasteiger charge is -2.26. The molecule has 4 heteroatoms. The van der Waals surface area contributed by atoms with Crippen molar-refractivity contribution in [2.75, 3.05) is 13.1 Å². The Labute approximate surface area is 120 Å². The second kappa shape index (κ2) is 5.19. The number of aryl methyl sites for hydroxylation is 1. The maximum atomic E-state index is 12.8. The number of hydrogen-bond donors (Lipinski definition) is 0. The molecule has 3 nitrogen and oxygen atoms in total. The van der Waals surface area contributed by atoms with Crippen LogP contribution in [-0.2, 0) is 10.0 Å². The molecule has 1 fully saturated rings. The number of rotatable bonds is 2. The van der Waals surface area contributed by atoms with Gasteiger partial charge in [-0.05, 0) is 36.8 Å². The molecule has 0 aromatic heterocycles. The van der Waals surface area contributed by atoms with Gasteiger partial charge in [0.2, 0.25) is 10.0 Å². The highest BCUT2D eigenvalue weighted by molar-refractivity contribution is 7.89. The molecule has 0 spiro atoms. The predicted octanol–water partition coefficient (Wildman–Crippen LogP) is 3.32. The molecule has 0 atom stereocenters. The molecule has 2 aromatic carbocycles. The smallest absolute Gasteiger partial charge is 0.207 e. The summed E-state index contributed by atoms with van der Waals surface area (Å²) in [6, 6.07) is 11.4. The summed E-state index contributed by atoms with van der Waals surface area (Å²) in [5, 5.41) is 1.85. The molecule has 0 amide bonds. The minimum Gasteiger partial charge on any atom is -0.207 e. The lowest BCUT2D eigenvalue weighted by Crippen LogP contribution is -2.35. The minimum atomic E-state index is -3.37. The van der Waals surface area contributed by atoms with Crippen molar-refractivity contribution < 1.29 is 8.42 Å². The van der Waals surface area contributed by atoms with E-state index in [1.807, 2.05) is 37.3 Å². The van der Waals surface area contributed by atoms with Crippen molar-refractivity contribution in [3.8, 4) is 0 Å². The van der Waals surface area contributed by atoms with E-state index in [1.54, 1.807) is 10.4 Å². The molecule has 2 aromatic rings. The van der Waals surface area contributed by atoms with Gasteiger partial charge in [0.05, 0.1) is 4.90 Å². The molecule has 0 bridgehead atoms. The van der Waals surface area contributed by atoms with Crippen molar-refractivity contribution >= 4 is 20.8 Å². The number of sulfonamides is 1. The Morgan fingerprint density at radius 2 is 1.55 bits per heavy atom. The van der Waals surface area contributed by atoms with Crippen LogP contribution in [0, 0.1) is 6.92 Å². The highest BCUT2D eigenvalue weighted by atomic mass is 32.2. The molecule has 106 valence electrons. The van der Waals surface area contributed by atoms with Crippen molar-refractivity contribution in [2.24, 2.45) is 0 Å². The summed E-state index contributed by atoms with van der Waals surface area (Å²) in [6.07, 6.45) is 3.05. The summed E-state index contributed by atoms with van der Waals surface area (Å²) < 4.78 is 27.3. The normalized spacial score (nSPS) is 17.4. The lowest BCUT2D eigenvalue weighted by atomic mass is 10.1. The van der Waals surface area contributed by atoms with Gasteiger partial charge in [-0.15, -0.1) is 0 Å². The van der Waals surface area contributed by atoms with E-state index in [0.717, 1.165) is 35.6 Å². The van der Waals surface area contributed by atoms with E-state index in [9.17, 15) is 8.42 Å². The Balaban J connectivity index is 2.16. The van der Waals surface area contributed by atoms with E-state index < -0.39 is 10.0 Å². The molecule has 0 N–H and O–H groups in total. The van der Waals surface area contributed by atoms with Gasteiger partial charge < -0.3 is 0 Å². The first-order chi connectivity index (χ1) is 9.60. The fraction of sp³-hybridized carbons (Fsp3) is 0.375. The van der Waals surface area contributed by atoms with Gasteiger partial charge in [-0.2, -0.15) is 4.31 Å². The maximum absolute atomic E-state index is 12.8. The number of piperidine rings is 1. The maximum Gasteiger partial charge on any atom is 0.243 e. The first-order valence-electron chi connectivity index (χ1n) is 7.09. The van der Waals surface area contributed by atoms with Crippen LogP contribution in [0.1, 0.15) is 24.8 Å². The Morgan fingerprint density at radius 3 is 2.25 bits per heavy atom. The third-order valence-electron chi connectivity index (χ3n) is 4.03. The fourth-order valence-corrected chi connectivity index (χ4v) is 4.60. The number of benzene rings is 2. The van der Waals surface area contributed by atoms with Crippen molar-refractivity contribution in [3.05, 3.63) is 42.0 Å². The molecule has 0 unspecified atom stereocenters. The Kier molecular flexibility index (Phi) is 3.52. The highest BCUT2D eigenvalue weighted by Crippen LogP contribution is 2.29. The van der Waals surface area contributed by atoms with Crippen molar-refractivity contribution in [1.82, 2.24) is 4.31 Å². The molecule has 1 saturated heterocycles. The summed E-state index contributed by atoms with van der Waals surface area (Å²) in [7, 11) is -3.37. The van der Waals surface area contributed by atoms with Gasteiger partial charge in [0, 0.05) is 18.5 Å². The number of hydrogen-bond acceptors (Lipinski definition) is 2. The van der Waals surface area contributed by atoms with E-state index in [2.05, 4.69) is 0 Å². The monoisotopic (exact) mass is 289 g/mol. The van der Waals surface area contributed by atoms with Crippen LogP contribution in [0.4, 0.5) is 0 Å². The van der Waals surface area contributed by atoms with Crippen molar-refractivity contribution in [1.29, 1.82) is 0 Å². The second-order valence-electron chi connectivity index (χ2n) is 5.39. The van der Waals surface area contributed by atoms with Crippen LogP contribution in [0.5, 0.6) is 0 Å². The van der Waals surface area contributed by atoms with Crippen LogP contribution in [-0.4, -0.2) is 25.8 Å². The zero-order chi connectivity index (χ0) is 14.2. The standard InChI is InChI=1S/C16H19NO2S/c1-13-9-10-16(15-8-4-3-7-14(13)15)20(18,19)17-11-5-2-6-12-17/h3-4,7-10H,2,5-6,11-12H2,1H3. The molecule has 20 heavy (non-hydrogen) atoms. The van der Waals surface area contributed by atoms with Crippen LogP contribution in [0.15, 0.2) is 41.3 Å². The van der Waals surface area contributed by atoms with Gasteiger partial charge in [-0.25, -0.2) is 8.42 Å². The van der Waals surface area contributed by atoms with E-state index in [1.165, 1.54) is 0 Å². The van der Waals surface area contributed by atoms with Crippen LogP contribution in [0.3, 0.4) is 0 Å². The van der Waals surface area contributed by atoms with Gasteiger partial charge in [0.25, 0.3) is 0 Å². The molecule has 3 rings (SSSR count). The minimum absolute atomic E-state index is 0.445. The van der Waals surface area contributed by atoms with Gasteiger partial charge in [0.1, 0.15) is 0 Å². The average molecular weight is 289 g/mol. The topological polar surface area (TPSA) is 37.4 Å². The van der Waals surface area contributed by atoms with E-state index >= 15 is 0 Å². The fourth-order valence-electron chi connectivity index (χ4n) is 2.89. The zero-order valence-electron chi connectivity index (χ0n) is 11.7. The summed E-state index contributed by atoms with van der Waals surface area (Å²) in [6.45, 7) is 3.30. The summed E-state index contributed by atoms with van der Waals surface area (Å²) in [4.78, 5) is 0.445. The van der Waals surface area contributed by atoms with E-state index in [-0.39, 0.29) is 0 Å². The molecule has 1 aliphatic rings. The lowest BCUT2D eigenvalue weighted by molar-refractivity contribution is 0.347. The molecule has 0 radical (unpaired) electrons. The van der Waals surface area contributed by atoms with E-state index in [4.69, 9.17) is 0 Å². The van der Waals surface area contributed by atoms with Gasteiger partial charge in [0.15, 0.2) is 0 Å². The third-order valence-corrected chi connectivity index (χ3v) is 5.99. The number of fused-ring (bicyclic) bond motifs is 1. The molecular weight excluding hydrogens is 270 g/mol. The molecule has 1 heterocycles. The quantitative estimate of drug-likeness (QED) is 0.850. The highest BCUT2D eigenvalue weighted by Gasteiger charge is 2.27. The molecule has 0 saturated carbocycles. The third kappa shape index (κ3) is 2.23. The zero-order valence-corrected chi connectivity index (χ0v) is 12.5. The largest absolute Gasteiger partial charge is 0.243 e. The van der Waals surface area contributed by atoms with Gasteiger partial charge in [-0.3, -0.25) is 0 Å². The Morgan fingerprint density at radius 1 is 0.900 bits per heavy atom. The van der Waals surface area contributed by atoms with Crippen molar-refractivity contribution in [2.45, 2.75) is 31.1 Å². The average Bonchev–Trinajstić information content (AvgIpc) is 2.48. The summed E-state index contributed by atoms with van der Waals surface area (Å²) in [5.74, 6) is 0. The van der Waals surface area contributed by atoms with Crippen LogP contribution >= 0.6 is 0 Å². The SMILES string of the molecule is Cc1ccc(S(=O)(=O)N2CCCCC2)c2ccccc12. The van der Waals surface area contributed by atoms with Crippen molar-refractivity contribution in [3.63, 3.8) is 0 Å². The van der Waals surface area contributed by atoms with Crippen LogP contribution < -0.4 is 0 Å². The molecule has 0 aliphatic carbocycles. The molecule has 1 aliphatic heterocycles. The first kappa shape index (κ1) is 13.6. The van der Waals surface area contributed by atoms with E-state index in [0.29, 0.717) is 18.0 Å². The number of nitrogens with zero attached hydrogens (tertiary/aromatic N) is 1. The van der Waals surface area contributed by atoms with Crippen LogP contribution in [0.25, 0.3) is 10.8 Å². The molecular formula is C16H19NO2S. The Bertz CT molecular complexity index is 731. The second-order valence-corrected chi connectivity index (χ2v) is 7.30. The first-order valence-corrected chi connectivity index (χ1v) is 8.53. The summed E-state index contributed by atoms with van der Waals surface area (Å²) in [5.41, 5.74) is 1.11. The predicted molar refractivity (Wildman–Crippen MR) is 81.3 cm³/mol. The van der Waals surface area contributed by atoms with Gasteiger partial charge in [-0.1, -0.05) is 36.8 Å². The summed E-state index contributed by atoms with van der Waals surface area (Å²) >= 11 is 0. The van der Waals surface area contributed by atoms with Gasteiger partial charge >= 0.3 is 0 Å².